The van der Waals surface area contributed by atoms with Crippen molar-refractivity contribution in [1.29, 1.82) is 0 Å². The molecule has 200 valence electrons. The number of halogens is 2. The summed E-state index contributed by atoms with van der Waals surface area (Å²) in [4.78, 5) is 25.9. The van der Waals surface area contributed by atoms with Gasteiger partial charge >= 0.3 is 0 Å². The van der Waals surface area contributed by atoms with Gasteiger partial charge in [0.25, 0.3) is 5.91 Å². The number of aryl methyl sites for hydroxylation is 2. The van der Waals surface area contributed by atoms with Crippen LogP contribution >= 0.6 is 24.8 Å². The maximum atomic E-state index is 11.8. The molecule has 2 aromatic carbocycles. The quantitative estimate of drug-likeness (QED) is 0.395. The van der Waals surface area contributed by atoms with Gasteiger partial charge in [-0.3, -0.25) is 14.7 Å². The summed E-state index contributed by atoms with van der Waals surface area (Å²) >= 11 is 0. The van der Waals surface area contributed by atoms with Gasteiger partial charge in [-0.2, -0.15) is 0 Å². The van der Waals surface area contributed by atoms with Gasteiger partial charge in [0.2, 0.25) is 0 Å². The highest BCUT2D eigenvalue weighted by Gasteiger charge is 2.25. The Kier molecular flexibility index (Phi) is 8.31. The lowest BCUT2D eigenvalue weighted by Crippen LogP contribution is -2.47. The Bertz CT molecular complexity index is 1480. The van der Waals surface area contributed by atoms with Gasteiger partial charge in [0, 0.05) is 49.5 Å². The third kappa shape index (κ3) is 4.98. The number of imidazole rings is 1. The van der Waals surface area contributed by atoms with E-state index < -0.39 is 5.91 Å². The van der Waals surface area contributed by atoms with Crippen LogP contribution in [-0.2, 0) is 19.3 Å². The number of hydrogen-bond acceptors (Lipinski definition) is 5. The van der Waals surface area contributed by atoms with Crippen molar-refractivity contribution in [2.45, 2.75) is 33.1 Å². The van der Waals surface area contributed by atoms with Gasteiger partial charge in [0.15, 0.2) is 0 Å². The summed E-state index contributed by atoms with van der Waals surface area (Å²) in [6.07, 6.45) is 4.48. The molecule has 4 aromatic rings. The van der Waals surface area contributed by atoms with Crippen LogP contribution in [-0.4, -0.2) is 58.1 Å². The van der Waals surface area contributed by atoms with Crippen molar-refractivity contribution in [2.75, 3.05) is 37.6 Å². The van der Waals surface area contributed by atoms with Crippen LogP contribution in [0.25, 0.3) is 16.6 Å². The van der Waals surface area contributed by atoms with Crippen molar-refractivity contribution >= 4 is 47.3 Å². The summed E-state index contributed by atoms with van der Waals surface area (Å²) in [6.45, 7) is 9.45. The molecule has 0 saturated carbocycles. The van der Waals surface area contributed by atoms with Crippen LogP contribution in [0.2, 0.25) is 0 Å². The number of anilines is 1. The van der Waals surface area contributed by atoms with Gasteiger partial charge in [-0.05, 0) is 80.1 Å². The molecule has 0 bridgehead atoms. The zero-order chi connectivity index (χ0) is 24.8. The zero-order valence-electron chi connectivity index (χ0n) is 21.8. The molecular formula is C29H34Cl2N6O. The molecule has 1 amide bonds. The monoisotopic (exact) mass is 552 g/mol. The van der Waals surface area contributed by atoms with Crippen LogP contribution < -0.4 is 10.6 Å². The fraction of sp³-hybridized carbons (Fsp3) is 0.345. The van der Waals surface area contributed by atoms with Crippen LogP contribution in [0.5, 0.6) is 0 Å². The Balaban J connectivity index is 0.00000168. The molecule has 0 atom stereocenters. The van der Waals surface area contributed by atoms with Crippen LogP contribution in [0.15, 0.2) is 48.8 Å². The maximum absolute atomic E-state index is 11.8. The molecule has 2 aliphatic heterocycles. The molecular weight excluding hydrogens is 519 g/mol. The number of carbonyl (C=O) groups excluding carboxylic acids is 1. The molecule has 2 aliphatic rings. The second-order valence-corrected chi connectivity index (χ2v) is 10.0. The number of hydrogen-bond donors (Lipinski definition) is 1. The highest BCUT2D eigenvalue weighted by atomic mass is 35.5. The van der Waals surface area contributed by atoms with E-state index in [2.05, 4.69) is 68.7 Å². The number of pyridine rings is 1. The maximum Gasteiger partial charge on any atom is 0.269 e. The van der Waals surface area contributed by atoms with E-state index in [0.717, 1.165) is 74.6 Å². The predicted molar refractivity (Wildman–Crippen MR) is 158 cm³/mol. The van der Waals surface area contributed by atoms with Crippen molar-refractivity contribution in [3.8, 4) is 5.69 Å². The van der Waals surface area contributed by atoms with Gasteiger partial charge in [0.1, 0.15) is 12.0 Å². The molecule has 7 nitrogen and oxygen atoms in total. The number of piperazine rings is 1. The number of fused-ring (bicyclic) bond motifs is 4. The molecule has 6 rings (SSSR count). The van der Waals surface area contributed by atoms with Crippen LogP contribution in [0, 0.1) is 13.8 Å². The second-order valence-electron chi connectivity index (χ2n) is 10.0. The highest BCUT2D eigenvalue weighted by molar-refractivity contribution is 5.93. The topological polar surface area (TPSA) is 80.3 Å². The Hall–Kier alpha value is -3.13. The van der Waals surface area contributed by atoms with Gasteiger partial charge in [-0.1, -0.05) is 12.1 Å². The second kappa shape index (κ2) is 11.3. The van der Waals surface area contributed by atoms with E-state index in [-0.39, 0.29) is 24.8 Å². The lowest BCUT2D eigenvalue weighted by Gasteiger charge is -2.37. The molecule has 0 unspecified atom stereocenters. The lowest BCUT2D eigenvalue weighted by atomic mass is 9.91. The molecule has 38 heavy (non-hydrogen) atoms. The average molecular weight is 554 g/mol. The summed E-state index contributed by atoms with van der Waals surface area (Å²) in [5.41, 5.74) is 15.6. The molecule has 2 N–H and O–H groups in total. The first-order valence-electron chi connectivity index (χ1n) is 12.8. The summed E-state index contributed by atoms with van der Waals surface area (Å²) in [6, 6.07) is 15.1. The largest absolute Gasteiger partial charge is 0.368 e. The van der Waals surface area contributed by atoms with Gasteiger partial charge in [-0.25, -0.2) is 4.98 Å². The number of nitrogens with two attached hydrogens (primary N) is 1. The Morgan fingerprint density at radius 1 is 0.947 bits per heavy atom. The van der Waals surface area contributed by atoms with E-state index in [1.165, 1.54) is 27.8 Å². The number of primary amides is 1. The van der Waals surface area contributed by atoms with E-state index in [9.17, 15) is 4.79 Å². The Morgan fingerprint density at radius 2 is 1.74 bits per heavy atom. The third-order valence-corrected chi connectivity index (χ3v) is 7.85. The number of nitrogens with zero attached hydrogens (tertiary/aromatic N) is 5. The fourth-order valence-electron chi connectivity index (χ4n) is 5.92. The summed E-state index contributed by atoms with van der Waals surface area (Å²) in [7, 11) is 0. The van der Waals surface area contributed by atoms with E-state index in [1.54, 1.807) is 6.33 Å². The summed E-state index contributed by atoms with van der Waals surface area (Å²) in [5.74, 6) is -0.450. The minimum atomic E-state index is -0.450. The van der Waals surface area contributed by atoms with Crippen LogP contribution in [0.1, 0.15) is 38.6 Å². The van der Waals surface area contributed by atoms with Crippen molar-refractivity contribution in [3.63, 3.8) is 0 Å². The highest BCUT2D eigenvalue weighted by Crippen LogP contribution is 2.31. The predicted octanol–water partition coefficient (Wildman–Crippen LogP) is 4.44. The number of rotatable bonds is 5. The molecule has 4 heterocycles. The standard InChI is InChI=1S/C29H32N6O.2ClH/c1-19-6-10-26-22(9-11-27-28(29(30)36)31-18-35(26)27)21(19)12-13-33-14-16-34(17-15-33)25-5-3-4-24-23(25)8-7-20(2)32-24;;/h3-8,10,18H,9,11-17H2,1-2H3,(H2,30,36);2*1H. The smallest absolute Gasteiger partial charge is 0.269 e. The van der Waals surface area contributed by atoms with Crippen molar-refractivity contribution in [3.05, 3.63) is 82.6 Å². The van der Waals surface area contributed by atoms with Crippen molar-refractivity contribution in [2.24, 2.45) is 5.73 Å². The third-order valence-electron chi connectivity index (χ3n) is 7.85. The van der Waals surface area contributed by atoms with Crippen molar-refractivity contribution in [1.82, 2.24) is 19.4 Å². The van der Waals surface area contributed by atoms with Crippen LogP contribution in [0.4, 0.5) is 5.69 Å². The molecule has 1 saturated heterocycles. The Labute approximate surface area is 235 Å². The first-order chi connectivity index (χ1) is 17.5. The van der Waals surface area contributed by atoms with E-state index in [1.807, 2.05) is 6.92 Å². The average Bonchev–Trinajstić information content (AvgIpc) is 3.33. The van der Waals surface area contributed by atoms with E-state index in [4.69, 9.17) is 10.7 Å². The number of benzene rings is 2. The van der Waals surface area contributed by atoms with E-state index in [0.29, 0.717) is 5.69 Å². The fourth-order valence-corrected chi connectivity index (χ4v) is 5.92. The minimum Gasteiger partial charge on any atom is -0.368 e. The molecule has 0 aliphatic carbocycles. The first kappa shape index (κ1) is 27.9. The number of carbonyl (C=O) groups is 1. The van der Waals surface area contributed by atoms with Gasteiger partial charge in [-0.15, -0.1) is 24.8 Å². The normalized spacial score (nSPS) is 14.8. The number of aromatic nitrogens is 3. The Morgan fingerprint density at radius 3 is 2.50 bits per heavy atom. The SMILES string of the molecule is Cc1ccc2c(N3CCN(CCc4c(C)ccc5c4CCc4c(C(N)=O)ncn4-5)CC3)cccc2n1.Cl.Cl. The van der Waals surface area contributed by atoms with E-state index >= 15 is 0 Å². The minimum absolute atomic E-state index is 0. The molecule has 0 spiro atoms. The molecule has 2 aromatic heterocycles. The van der Waals surface area contributed by atoms with Gasteiger partial charge < -0.3 is 15.2 Å². The lowest BCUT2D eigenvalue weighted by molar-refractivity contribution is 0.0995. The molecule has 1 fully saturated rings. The molecule has 9 heteroatoms. The first-order valence-corrected chi connectivity index (χ1v) is 12.8. The zero-order valence-corrected chi connectivity index (χ0v) is 23.4. The molecule has 0 radical (unpaired) electrons. The summed E-state index contributed by atoms with van der Waals surface area (Å²) < 4.78 is 2.06. The number of amides is 1. The summed E-state index contributed by atoms with van der Waals surface area (Å²) in [5, 5.41) is 1.24. The van der Waals surface area contributed by atoms with Gasteiger partial charge in [0.05, 0.1) is 16.9 Å². The van der Waals surface area contributed by atoms with Crippen molar-refractivity contribution < 1.29 is 4.79 Å². The van der Waals surface area contributed by atoms with Crippen LogP contribution in [0.3, 0.4) is 0 Å².